The maximum absolute atomic E-state index is 12.8. The van der Waals surface area contributed by atoms with E-state index in [1.165, 1.54) is 16.4 Å². The third-order valence-electron chi connectivity index (χ3n) is 4.33. The minimum absolute atomic E-state index is 0.191. The van der Waals surface area contributed by atoms with E-state index < -0.39 is 0 Å². The highest BCUT2D eigenvalue weighted by molar-refractivity contribution is 8.19. The van der Waals surface area contributed by atoms with E-state index in [-0.39, 0.29) is 11.5 Å². The van der Waals surface area contributed by atoms with Crippen molar-refractivity contribution in [2.75, 3.05) is 0 Å². The lowest BCUT2D eigenvalue weighted by atomic mass is 10.2. The summed E-state index contributed by atoms with van der Waals surface area (Å²) in [4.78, 5) is 29.7. The minimum atomic E-state index is -0.318. The summed E-state index contributed by atoms with van der Waals surface area (Å²) < 4.78 is 1.48. The van der Waals surface area contributed by atoms with Gasteiger partial charge in [0.05, 0.1) is 16.2 Å². The van der Waals surface area contributed by atoms with E-state index in [1.54, 1.807) is 6.08 Å². The molecule has 0 spiro atoms. The topological polar surface area (TPSA) is 67.2 Å². The van der Waals surface area contributed by atoms with E-state index in [0.29, 0.717) is 21.2 Å². The van der Waals surface area contributed by atoms with Crippen molar-refractivity contribution in [1.82, 2.24) is 9.78 Å². The lowest BCUT2D eigenvalue weighted by molar-refractivity contribution is -0.113. The Bertz CT molecular complexity index is 1140. The van der Waals surface area contributed by atoms with E-state index in [2.05, 4.69) is 10.1 Å². The van der Waals surface area contributed by atoms with Crippen LogP contribution in [0.15, 0.2) is 69.3 Å². The van der Waals surface area contributed by atoms with E-state index in [0.717, 1.165) is 16.8 Å². The van der Waals surface area contributed by atoms with Gasteiger partial charge in [0.1, 0.15) is 5.04 Å². The normalized spacial score (nSPS) is 15.4. The summed E-state index contributed by atoms with van der Waals surface area (Å²) in [6.45, 7) is 3.83. The number of aromatic nitrogens is 2. The molecule has 134 valence electrons. The van der Waals surface area contributed by atoms with Gasteiger partial charge in [-0.15, -0.1) is 0 Å². The average molecular weight is 375 g/mol. The number of nitrogens with one attached hydrogen (secondary N) is 1. The first-order valence-electron chi connectivity index (χ1n) is 8.49. The van der Waals surface area contributed by atoms with E-state index in [9.17, 15) is 9.59 Å². The molecular formula is C21H17N3O2S. The molecule has 1 aliphatic heterocycles. The first-order chi connectivity index (χ1) is 13.0. The van der Waals surface area contributed by atoms with Crippen LogP contribution in [0, 0.1) is 13.8 Å². The maximum atomic E-state index is 12.8. The summed E-state index contributed by atoms with van der Waals surface area (Å²) in [5.74, 6) is -0.318. The quantitative estimate of drug-likeness (QED) is 0.707. The number of nitrogens with zero attached hydrogens (tertiary/aromatic N) is 2. The summed E-state index contributed by atoms with van der Waals surface area (Å²) in [7, 11) is 0. The Labute approximate surface area is 160 Å². The first-order valence-corrected chi connectivity index (χ1v) is 9.31. The van der Waals surface area contributed by atoms with Crippen LogP contribution in [0.3, 0.4) is 0 Å². The summed E-state index contributed by atoms with van der Waals surface area (Å²) >= 11 is 1.29. The largest absolute Gasteiger partial charge is 0.295 e. The lowest BCUT2D eigenvalue weighted by Crippen LogP contribution is -2.15. The summed E-state index contributed by atoms with van der Waals surface area (Å²) in [6, 6.07) is 17.2. The standard InChI is InChI=1S/C21H17N3O2S/c1-13-8-10-15(11-9-13)20-22-19(25)18(27-20)12-17-14(2)23-24(21(17)26)16-6-4-3-5-7-16/h3-12,23H,1-2H3/b18-12-. The molecule has 1 N–H and O–H groups in total. The Kier molecular flexibility index (Phi) is 4.41. The van der Waals surface area contributed by atoms with Crippen LogP contribution in [0.1, 0.15) is 22.4 Å². The molecule has 5 nitrogen and oxygen atoms in total. The van der Waals surface area contributed by atoms with Gasteiger partial charge in [-0.05, 0) is 32.1 Å². The van der Waals surface area contributed by atoms with Crippen molar-refractivity contribution in [3.63, 3.8) is 0 Å². The second-order valence-corrected chi connectivity index (χ2v) is 7.36. The lowest BCUT2D eigenvalue weighted by Gasteiger charge is -1.99. The Morgan fingerprint density at radius 3 is 2.41 bits per heavy atom. The van der Waals surface area contributed by atoms with Gasteiger partial charge in [-0.3, -0.25) is 14.7 Å². The van der Waals surface area contributed by atoms with Crippen LogP contribution < -0.4 is 5.56 Å². The highest BCUT2D eigenvalue weighted by Crippen LogP contribution is 2.31. The molecule has 0 saturated carbocycles. The van der Waals surface area contributed by atoms with Crippen molar-refractivity contribution in [2.24, 2.45) is 4.99 Å². The number of thioether (sulfide) groups is 1. The van der Waals surface area contributed by atoms with Crippen molar-refractivity contribution >= 4 is 28.8 Å². The van der Waals surface area contributed by atoms with Crippen LogP contribution in [0.25, 0.3) is 11.8 Å². The molecule has 0 fully saturated rings. The molecule has 1 amide bonds. The molecule has 0 bridgehead atoms. The summed E-state index contributed by atoms with van der Waals surface area (Å²) in [5, 5.41) is 3.72. The molecule has 0 atom stereocenters. The van der Waals surface area contributed by atoms with Crippen LogP contribution in [0.2, 0.25) is 0 Å². The van der Waals surface area contributed by atoms with Crippen LogP contribution in [0.5, 0.6) is 0 Å². The SMILES string of the molecule is Cc1ccc(C2=NC(=O)/C(=C/c3c(C)[nH]n(-c4ccccc4)c3=O)S2)cc1. The fourth-order valence-corrected chi connectivity index (χ4v) is 3.75. The highest BCUT2D eigenvalue weighted by atomic mass is 32.2. The number of amides is 1. The van der Waals surface area contributed by atoms with Crippen LogP contribution in [0.4, 0.5) is 0 Å². The smallest absolute Gasteiger partial charge is 0.284 e. The van der Waals surface area contributed by atoms with Crippen molar-refractivity contribution in [1.29, 1.82) is 0 Å². The molecule has 4 rings (SSSR count). The molecule has 2 heterocycles. The molecule has 0 aliphatic carbocycles. The van der Waals surface area contributed by atoms with Crippen molar-refractivity contribution < 1.29 is 4.79 Å². The molecule has 2 aromatic carbocycles. The number of aliphatic imine (C=N–C) groups is 1. The van der Waals surface area contributed by atoms with E-state index in [4.69, 9.17) is 0 Å². The van der Waals surface area contributed by atoms with Gasteiger partial charge in [0, 0.05) is 11.3 Å². The van der Waals surface area contributed by atoms with Crippen LogP contribution in [-0.2, 0) is 4.79 Å². The Balaban J connectivity index is 1.67. The third kappa shape index (κ3) is 3.31. The van der Waals surface area contributed by atoms with Gasteiger partial charge in [0.25, 0.3) is 11.5 Å². The predicted octanol–water partition coefficient (Wildman–Crippen LogP) is 3.84. The zero-order chi connectivity index (χ0) is 19.0. The molecule has 6 heteroatoms. The Hall–Kier alpha value is -3.12. The van der Waals surface area contributed by atoms with Crippen LogP contribution in [-0.4, -0.2) is 20.7 Å². The number of hydrogen-bond acceptors (Lipinski definition) is 3. The fraction of sp³-hybridized carbons (Fsp3) is 0.0952. The number of rotatable bonds is 3. The number of H-pyrrole nitrogens is 1. The first kappa shape index (κ1) is 17.3. The predicted molar refractivity (Wildman–Crippen MR) is 109 cm³/mol. The van der Waals surface area contributed by atoms with Gasteiger partial charge in [-0.2, -0.15) is 0 Å². The number of carbonyl (C=O) groups is 1. The molecule has 0 radical (unpaired) electrons. The van der Waals surface area contributed by atoms with Gasteiger partial charge < -0.3 is 0 Å². The number of aryl methyl sites for hydroxylation is 2. The minimum Gasteiger partial charge on any atom is -0.295 e. The fourth-order valence-electron chi connectivity index (χ4n) is 2.85. The van der Waals surface area contributed by atoms with Gasteiger partial charge >= 0.3 is 0 Å². The van der Waals surface area contributed by atoms with Gasteiger partial charge in [0.15, 0.2) is 0 Å². The number of para-hydroxylation sites is 1. The highest BCUT2D eigenvalue weighted by Gasteiger charge is 2.24. The second kappa shape index (κ2) is 6.89. The van der Waals surface area contributed by atoms with Crippen molar-refractivity contribution in [3.8, 4) is 5.69 Å². The van der Waals surface area contributed by atoms with Gasteiger partial charge in [0.2, 0.25) is 0 Å². The molecule has 0 unspecified atom stereocenters. The van der Waals surface area contributed by atoms with E-state index >= 15 is 0 Å². The zero-order valence-corrected chi connectivity index (χ0v) is 15.7. The molecule has 27 heavy (non-hydrogen) atoms. The molecule has 3 aromatic rings. The maximum Gasteiger partial charge on any atom is 0.284 e. The number of hydrogen-bond donors (Lipinski definition) is 1. The number of aromatic amines is 1. The second-order valence-electron chi connectivity index (χ2n) is 6.33. The zero-order valence-electron chi connectivity index (χ0n) is 14.9. The van der Waals surface area contributed by atoms with E-state index in [1.807, 2.05) is 68.4 Å². The van der Waals surface area contributed by atoms with Crippen molar-refractivity contribution in [2.45, 2.75) is 13.8 Å². The third-order valence-corrected chi connectivity index (χ3v) is 5.36. The summed E-state index contributed by atoms with van der Waals surface area (Å²) in [6.07, 6.45) is 1.63. The Morgan fingerprint density at radius 2 is 1.70 bits per heavy atom. The van der Waals surface area contributed by atoms with Crippen molar-refractivity contribution in [3.05, 3.63) is 92.2 Å². The molecule has 1 aliphatic rings. The van der Waals surface area contributed by atoms with Crippen LogP contribution >= 0.6 is 11.8 Å². The molecule has 0 saturated heterocycles. The van der Waals surface area contributed by atoms with Gasteiger partial charge in [-0.25, -0.2) is 9.67 Å². The van der Waals surface area contributed by atoms with Gasteiger partial charge in [-0.1, -0.05) is 59.8 Å². The monoisotopic (exact) mass is 375 g/mol. The Morgan fingerprint density at radius 1 is 1.00 bits per heavy atom. The number of benzene rings is 2. The average Bonchev–Trinajstić information content (AvgIpc) is 3.18. The molecular weight excluding hydrogens is 358 g/mol. The molecule has 1 aromatic heterocycles. The number of carbonyl (C=O) groups excluding carboxylic acids is 1. The summed E-state index contributed by atoms with van der Waals surface area (Å²) in [5.41, 5.74) is 3.77.